The van der Waals surface area contributed by atoms with Gasteiger partial charge in [-0.05, 0) is 17.2 Å². The summed E-state index contributed by atoms with van der Waals surface area (Å²) in [6.45, 7) is 0. The van der Waals surface area contributed by atoms with Crippen molar-refractivity contribution in [2.75, 3.05) is 5.32 Å². The van der Waals surface area contributed by atoms with Gasteiger partial charge >= 0.3 is 5.97 Å². The molecule has 2 N–H and O–H groups in total. The summed E-state index contributed by atoms with van der Waals surface area (Å²) in [4.78, 5) is 18.7. The number of hydrogen-bond donors (Lipinski definition) is 2. The zero-order valence-corrected chi connectivity index (χ0v) is 10.00. The van der Waals surface area contributed by atoms with Gasteiger partial charge in [-0.1, -0.05) is 24.3 Å². The van der Waals surface area contributed by atoms with E-state index in [1.54, 1.807) is 0 Å². The molecule has 94 valence electrons. The molecule has 0 unspecified atom stereocenters. The van der Waals surface area contributed by atoms with Crippen molar-refractivity contribution < 1.29 is 9.90 Å². The molecule has 1 aliphatic carbocycles. The van der Waals surface area contributed by atoms with Crippen LogP contribution < -0.4 is 5.32 Å². The average molecular weight is 253 g/mol. The number of allylic oxidation sites excluding steroid dienone is 1. The first kappa shape index (κ1) is 11.4. The van der Waals surface area contributed by atoms with Gasteiger partial charge < -0.3 is 10.4 Å². The molecule has 1 aliphatic rings. The number of anilines is 1. The topological polar surface area (TPSA) is 75.1 Å². The minimum atomic E-state index is -1.03. The molecule has 3 rings (SSSR count). The molecule has 1 heterocycles. The molecule has 0 saturated heterocycles. The van der Waals surface area contributed by atoms with E-state index in [4.69, 9.17) is 5.11 Å². The fourth-order valence-corrected chi connectivity index (χ4v) is 2.01. The third-order valence-corrected chi connectivity index (χ3v) is 2.94. The number of carboxylic acids is 1. The number of aromatic nitrogens is 2. The number of hydrogen-bond acceptors (Lipinski definition) is 4. The van der Waals surface area contributed by atoms with E-state index in [0.29, 0.717) is 5.95 Å². The number of rotatable bonds is 3. The van der Waals surface area contributed by atoms with E-state index < -0.39 is 5.97 Å². The van der Waals surface area contributed by atoms with E-state index in [2.05, 4.69) is 27.4 Å². The lowest BCUT2D eigenvalue weighted by Gasteiger charge is -2.04. The van der Waals surface area contributed by atoms with Crippen LogP contribution in [0.15, 0.2) is 42.4 Å². The van der Waals surface area contributed by atoms with Crippen molar-refractivity contribution in [1.82, 2.24) is 9.97 Å². The summed E-state index contributed by atoms with van der Waals surface area (Å²) in [5.74, 6) is -0.622. The molecule has 0 saturated carbocycles. The molecule has 5 nitrogen and oxygen atoms in total. The van der Waals surface area contributed by atoms with E-state index in [1.807, 2.05) is 18.2 Å². The van der Waals surface area contributed by atoms with Gasteiger partial charge in [0.05, 0.1) is 5.56 Å². The Bertz CT molecular complexity index is 663. The fraction of sp³-hybridized carbons (Fsp3) is 0.0714. The van der Waals surface area contributed by atoms with Gasteiger partial charge in [0, 0.05) is 24.5 Å². The predicted octanol–water partition coefficient (Wildman–Crippen LogP) is 2.18. The van der Waals surface area contributed by atoms with Crippen LogP contribution in [0.3, 0.4) is 0 Å². The fourth-order valence-electron chi connectivity index (χ4n) is 2.01. The summed E-state index contributed by atoms with van der Waals surface area (Å²) in [5.41, 5.74) is 3.53. The van der Waals surface area contributed by atoms with E-state index in [9.17, 15) is 4.79 Å². The van der Waals surface area contributed by atoms with Crippen LogP contribution in [0.5, 0.6) is 0 Å². The first-order chi connectivity index (χ1) is 9.22. The average Bonchev–Trinajstić information content (AvgIpc) is 2.81. The SMILES string of the molecule is O=C(O)c1cnc(NC2=Cc3ccccc3C2)nc1. The minimum Gasteiger partial charge on any atom is -0.478 e. The first-order valence-electron chi connectivity index (χ1n) is 5.83. The molecule has 0 amide bonds. The highest BCUT2D eigenvalue weighted by molar-refractivity contribution is 5.86. The van der Waals surface area contributed by atoms with Gasteiger partial charge in [0.25, 0.3) is 0 Å². The Kier molecular flexibility index (Phi) is 2.72. The standard InChI is InChI=1S/C14H11N3O2/c18-13(19)11-7-15-14(16-8-11)17-12-5-9-3-1-2-4-10(9)6-12/h1-5,7-8H,6H2,(H,18,19)(H,15,16,17). The van der Waals surface area contributed by atoms with Crippen LogP contribution in [0.4, 0.5) is 5.95 Å². The predicted molar refractivity (Wildman–Crippen MR) is 70.7 cm³/mol. The lowest BCUT2D eigenvalue weighted by atomic mass is 10.1. The van der Waals surface area contributed by atoms with E-state index in [0.717, 1.165) is 12.1 Å². The number of carbonyl (C=O) groups is 1. The van der Waals surface area contributed by atoms with Gasteiger partial charge in [-0.25, -0.2) is 14.8 Å². The second-order valence-electron chi connectivity index (χ2n) is 4.27. The van der Waals surface area contributed by atoms with Gasteiger partial charge in [-0.15, -0.1) is 0 Å². The van der Waals surface area contributed by atoms with Crippen LogP contribution in [0.2, 0.25) is 0 Å². The Hall–Kier alpha value is -2.69. The van der Waals surface area contributed by atoms with Gasteiger partial charge in [0.1, 0.15) is 0 Å². The van der Waals surface area contributed by atoms with Gasteiger partial charge in [-0.2, -0.15) is 0 Å². The maximum atomic E-state index is 10.7. The van der Waals surface area contributed by atoms with Crippen LogP contribution in [0, 0.1) is 0 Å². The Morgan fingerprint density at radius 3 is 2.63 bits per heavy atom. The summed E-state index contributed by atoms with van der Waals surface area (Å²) < 4.78 is 0. The Morgan fingerprint density at radius 2 is 1.95 bits per heavy atom. The van der Waals surface area contributed by atoms with Crippen molar-refractivity contribution in [3.63, 3.8) is 0 Å². The third-order valence-electron chi connectivity index (χ3n) is 2.94. The highest BCUT2D eigenvalue weighted by Crippen LogP contribution is 2.24. The molecular weight excluding hydrogens is 242 g/mol. The molecule has 0 radical (unpaired) electrons. The first-order valence-corrected chi connectivity index (χ1v) is 5.83. The maximum Gasteiger partial charge on any atom is 0.338 e. The second kappa shape index (κ2) is 4.53. The molecule has 5 heteroatoms. The zero-order valence-electron chi connectivity index (χ0n) is 10.00. The molecule has 19 heavy (non-hydrogen) atoms. The number of fused-ring (bicyclic) bond motifs is 1. The molecule has 0 fully saturated rings. The molecule has 1 aromatic heterocycles. The van der Waals surface area contributed by atoms with Crippen LogP contribution in [-0.2, 0) is 6.42 Å². The van der Waals surface area contributed by atoms with E-state index in [1.165, 1.54) is 23.5 Å². The Balaban J connectivity index is 1.75. The summed E-state index contributed by atoms with van der Waals surface area (Å²) in [5, 5.41) is 11.9. The summed E-state index contributed by atoms with van der Waals surface area (Å²) in [6, 6.07) is 8.14. The Labute approximate surface area is 109 Å². The molecule has 0 atom stereocenters. The van der Waals surface area contributed by atoms with Crippen molar-refractivity contribution in [3.8, 4) is 0 Å². The van der Waals surface area contributed by atoms with Crippen LogP contribution in [-0.4, -0.2) is 21.0 Å². The van der Waals surface area contributed by atoms with Crippen molar-refractivity contribution in [1.29, 1.82) is 0 Å². The van der Waals surface area contributed by atoms with Crippen molar-refractivity contribution in [2.45, 2.75) is 6.42 Å². The molecule has 0 bridgehead atoms. The number of nitrogens with one attached hydrogen (secondary N) is 1. The van der Waals surface area contributed by atoms with Crippen molar-refractivity contribution in [2.24, 2.45) is 0 Å². The third kappa shape index (κ3) is 2.30. The van der Waals surface area contributed by atoms with Gasteiger partial charge in [0.15, 0.2) is 0 Å². The molecule has 0 spiro atoms. The van der Waals surface area contributed by atoms with E-state index >= 15 is 0 Å². The lowest BCUT2D eigenvalue weighted by Crippen LogP contribution is -2.05. The highest BCUT2D eigenvalue weighted by Gasteiger charge is 2.12. The van der Waals surface area contributed by atoms with Gasteiger partial charge in [0.2, 0.25) is 5.95 Å². The maximum absolute atomic E-state index is 10.7. The number of nitrogens with zero attached hydrogens (tertiary/aromatic N) is 2. The zero-order chi connectivity index (χ0) is 13.2. The summed E-state index contributed by atoms with van der Waals surface area (Å²) in [6.07, 6.45) is 5.44. The van der Waals surface area contributed by atoms with Crippen molar-refractivity contribution >= 4 is 18.0 Å². The molecule has 0 aliphatic heterocycles. The highest BCUT2D eigenvalue weighted by atomic mass is 16.4. The van der Waals surface area contributed by atoms with Crippen LogP contribution in [0.1, 0.15) is 21.5 Å². The summed E-state index contributed by atoms with van der Waals surface area (Å²) >= 11 is 0. The summed E-state index contributed by atoms with van der Waals surface area (Å²) in [7, 11) is 0. The number of benzene rings is 1. The van der Waals surface area contributed by atoms with E-state index in [-0.39, 0.29) is 5.56 Å². The quantitative estimate of drug-likeness (QED) is 0.876. The normalized spacial score (nSPS) is 12.7. The number of aromatic carboxylic acids is 1. The Morgan fingerprint density at radius 1 is 1.21 bits per heavy atom. The van der Waals surface area contributed by atoms with Crippen molar-refractivity contribution in [3.05, 3.63) is 59.0 Å². The largest absolute Gasteiger partial charge is 0.478 e. The second-order valence-corrected chi connectivity index (χ2v) is 4.27. The monoisotopic (exact) mass is 253 g/mol. The minimum absolute atomic E-state index is 0.0780. The smallest absolute Gasteiger partial charge is 0.338 e. The molecule has 2 aromatic rings. The van der Waals surface area contributed by atoms with Crippen LogP contribution >= 0.6 is 0 Å². The molecule has 1 aromatic carbocycles. The molecular formula is C14H11N3O2. The number of carboxylic acid groups (broad SMARTS) is 1. The van der Waals surface area contributed by atoms with Gasteiger partial charge in [-0.3, -0.25) is 0 Å². The van der Waals surface area contributed by atoms with Crippen LogP contribution in [0.25, 0.3) is 6.08 Å². The lowest BCUT2D eigenvalue weighted by molar-refractivity contribution is 0.0696.